The molecular weight excluding hydrogens is 216 g/mol. The summed E-state index contributed by atoms with van der Waals surface area (Å²) in [7, 11) is 0. The third kappa shape index (κ3) is 2.80. The molecule has 3 aliphatic rings. The standard InChI is InChI=1S/C13H22N2O2/c16-13(14-10-5-6-10)12-9-15(7-8-17-12)11-3-1-2-4-11/h10-12H,1-9H2,(H,14,16). The van der Waals surface area contributed by atoms with E-state index in [9.17, 15) is 4.79 Å². The SMILES string of the molecule is O=C(NC1CC1)C1CN(C2CCCC2)CCO1. The molecule has 1 N–H and O–H groups in total. The first-order valence-electron chi connectivity index (χ1n) is 6.99. The molecule has 3 fully saturated rings. The Labute approximate surface area is 103 Å². The predicted octanol–water partition coefficient (Wildman–Crippen LogP) is 0.908. The van der Waals surface area contributed by atoms with Crippen LogP contribution in [0.15, 0.2) is 0 Å². The molecule has 1 unspecified atom stereocenters. The molecule has 0 radical (unpaired) electrons. The van der Waals surface area contributed by atoms with Crippen LogP contribution in [0, 0.1) is 0 Å². The van der Waals surface area contributed by atoms with Crippen molar-refractivity contribution in [2.45, 2.75) is 56.7 Å². The highest BCUT2D eigenvalue weighted by molar-refractivity contribution is 5.81. The first kappa shape index (κ1) is 11.5. The fourth-order valence-corrected chi connectivity index (χ4v) is 2.95. The molecule has 0 bridgehead atoms. The normalized spacial score (nSPS) is 31.6. The number of morpholine rings is 1. The molecule has 3 rings (SSSR count). The Bertz CT molecular complexity index is 285. The zero-order valence-corrected chi connectivity index (χ0v) is 10.4. The van der Waals surface area contributed by atoms with Gasteiger partial charge in [-0.2, -0.15) is 0 Å². The quantitative estimate of drug-likeness (QED) is 0.794. The molecule has 0 aromatic rings. The lowest BCUT2D eigenvalue weighted by Gasteiger charge is -2.36. The van der Waals surface area contributed by atoms with E-state index in [1.165, 1.54) is 25.7 Å². The van der Waals surface area contributed by atoms with Crippen molar-refractivity contribution >= 4 is 5.91 Å². The fourth-order valence-electron chi connectivity index (χ4n) is 2.95. The Balaban J connectivity index is 1.52. The largest absolute Gasteiger partial charge is 0.366 e. The fraction of sp³-hybridized carbons (Fsp3) is 0.923. The van der Waals surface area contributed by atoms with E-state index in [0.717, 1.165) is 25.9 Å². The van der Waals surface area contributed by atoms with Gasteiger partial charge in [0.2, 0.25) is 0 Å². The van der Waals surface area contributed by atoms with Gasteiger partial charge < -0.3 is 10.1 Å². The molecule has 2 saturated carbocycles. The molecule has 0 spiro atoms. The van der Waals surface area contributed by atoms with Gasteiger partial charge in [-0.05, 0) is 25.7 Å². The molecular formula is C13H22N2O2. The Morgan fingerprint density at radius 1 is 1.18 bits per heavy atom. The van der Waals surface area contributed by atoms with Crippen molar-refractivity contribution in [2.75, 3.05) is 19.7 Å². The molecule has 1 heterocycles. The van der Waals surface area contributed by atoms with E-state index in [4.69, 9.17) is 4.74 Å². The number of nitrogens with one attached hydrogen (secondary N) is 1. The molecule has 96 valence electrons. The second kappa shape index (κ2) is 4.94. The molecule has 1 aliphatic heterocycles. The van der Waals surface area contributed by atoms with Gasteiger partial charge >= 0.3 is 0 Å². The van der Waals surface area contributed by atoms with Gasteiger partial charge in [0.25, 0.3) is 5.91 Å². The van der Waals surface area contributed by atoms with E-state index >= 15 is 0 Å². The summed E-state index contributed by atoms with van der Waals surface area (Å²) in [5.74, 6) is 0.107. The summed E-state index contributed by atoms with van der Waals surface area (Å²) >= 11 is 0. The maximum Gasteiger partial charge on any atom is 0.250 e. The molecule has 0 aromatic heterocycles. The maximum atomic E-state index is 11.9. The van der Waals surface area contributed by atoms with E-state index in [0.29, 0.717) is 18.7 Å². The zero-order chi connectivity index (χ0) is 11.7. The zero-order valence-electron chi connectivity index (χ0n) is 10.4. The third-order valence-corrected chi connectivity index (χ3v) is 4.16. The number of nitrogens with zero attached hydrogens (tertiary/aromatic N) is 1. The monoisotopic (exact) mass is 238 g/mol. The van der Waals surface area contributed by atoms with E-state index in [2.05, 4.69) is 10.2 Å². The second-order valence-electron chi connectivity index (χ2n) is 5.58. The summed E-state index contributed by atoms with van der Waals surface area (Å²) in [6.45, 7) is 2.50. The minimum Gasteiger partial charge on any atom is -0.366 e. The summed E-state index contributed by atoms with van der Waals surface area (Å²) in [5, 5.41) is 3.04. The van der Waals surface area contributed by atoms with Crippen LogP contribution in [0.25, 0.3) is 0 Å². The van der Waals surface area contributed by atoms with Crippen molar-refractivity contribution in [3.05, 3.63) is 0 Å². The van der Waals surface area contributed by atoms with Gasteiger partial charge in [-0.25, -0.2) is 0 Å². The van der Waals surface area contributed by atoms with Gasteiger partial charge in [-0.1, -0.05) is 12.8 Å². The van der Waals surface area contributed by atoms with Crippen molar-refractivity contribution in [3.63, 3.8) is 0 Å². The number of carbonyl (C=O) groups excluding carboxylic acids is 1. The minimum atomic E-state index is -0.232. The van der Waals surface area contributed by atoms with Crippen LogP contribution in [0.3, 0.4) is 0 Å². The van der Waals surface area contributed by atoms with Crippen LogP contribution in [0.4, 0.5) is 0 Å². The van der Waals surface area contributed by atoms with Gasteiger partial charge in [0, 0.05) is 25.2 Å². The average Bonchev–Trinajstić information content (AvgIpc) is 3.00. The highest BCUT2D eigenvalue weighted by Crippen LogP contribution is 2.25. The molecule has 4 nitrogen and oxygen atoms in total. The molecule has 4 heteroatoms. The van der Waals surface area contributed by atoms with Crippen LogP contribution >= 0.6 is 0 Å². The van der Waals surface area contributed by atoms with E-state index in [-0.39, 0.29) is 12.0 Å². The third-order valence-electron chi connectivity index (χ3n) is 4.16. The Hall–Kier alpha value is -0.610. The van der Waals surface area contributed by atoms with Gasteiger partial charge in [-0.15, -0.1) is 0 Å². The van der Waals surface area contributed by atoms with E-state index < -0.39 is 0 Å². The van der Waals surface area contributed by atoms with Crippen molar-refractivity contribution in [2.24, 2.45) is 0 Å². The highest BCUT2D eigenvalue weighted by Gasteiger charge is 2.33. The molecule has 2 aliphatic carbocycles. The first-order chi connectivity index (χ1) is 8.33. The smallest absolute Gasteiger partial charge is 0.250 e. The van der Waals surface area contributed by atoms with Crippen molar-refractivity contribution < 1.29 is 9.53 Å². The van der Waals surface area contributed by atoms with Gasteiger partial charge in [-0.3, -0.25) is 9.69 Å². The van der Waals surface area contributed by atoms with Crippen molar-refractivity contribution in [3.8, 4) is 0 Å². The molecule has 17 heavy (non-hydrogen) atoms. The van der Waals surface area contributed by atoms with Gasteiger partial charge in [0.15, 0.2) is 0 Å². The van der Waals surface area contributed by atoms with Crippen molar-refractivity contribution in [1.82, 2.24) is 10.2 Å². The Morgan fingerprint density at radius 3 is 2.65 bits per heavy atom. The van der Waals surface area contributed by atoms with Crippen LogP contribution < -0.4 is 5.32 Å². The predicted molar refractivity (Wildman–Crippen MR) is 64.7 cm³/mol. The van der Waals surface area contributed by atoms with Crippen LogP contribution in [-0.2, 0) is 9.53 Å². The lowest BCUT2D eigenvalue weighted by Crippen LogP contribution is -2.52. The minimum absolute atomic E-state index is 0.107. The van der Waals surface area contributed by atoms with Crippen LogP contribution in [0.1, 0.15) is 38.5 Å². The molecule has 0 aromatic carbocycles. The summed E-state index contributed by atoms with van der Waals surface area (Å²) in [6.07, 6.45) is 7.36. The van der Waals surface area contributed by atoms with Gasteiger partial charge in [0.1, 0.15) is 6.10 Å². The number of rotatable bonds is 3. The topological polar surface area (TPSA) is 41.6 Å². The number of ether oxygens (including phenoxy) is 1. The molecule has 1 atom stereocenters. The maximum absolute atomic E-state index is 11.9. The number of hydrogen-bond acceptors (Lipinski definition) is 3. The number of carbonyl (C=O) groups is 1. The number of amides is 1. The highest BCUT2D eigenvalue weighted by atomic mass is 16.5. The molecule has 1 amide bonds. The summed E-state index contributed by atoms with van der Waals surface area (Å²) < 4.78 is 5.60. The Morgan fingerprint density at radius 2 is 1.94 bits per heavy atom. The second-order valence-corrected chi connectivity index (χ2v) is 5.58. The van der Waals surface area contributed by atoms with Crippen LogP contribution in [-0.4, -0.2) is 48.7 Å². The van der Waals surface area contributed by atoms with E-state index in [1.807, 2.05) is 0 Å². The van der Waals surface area contributed by atoms with Crippen LogP contribution in [0.5, 0.6) is 0 Å². The van der Waals surface area contributed by atoms with Crippen LogP contribution in [0.2, 0.25) is 0 Å². The lowest BCUT2D eigenvalue weighted by molar-refractivity contribution is -0.139. The summed E-state index contributed by atoms with van der Waals surface area (Å²) in [4.78, 5) is 14.4. The summed E-state index contributed by atoms with van der Waals surface area (Å²) in [5.41, 5.74) is 0. The average molecular weight is 238 g/mol. The van der Waals surface area contributed by atoms with E-state index in [1.54, 1.807) is 0 Å². The lowest BCUT2D eigenvalue weighted by atomic mass is 10.1. The summed E-state index contributed by atoms with van der Waals surface area (Å²) in [6, 6.07) is 1.14. The first-order valence-corrected chi connectivity index (χ1v) is 6.99. The Kier molecular flexibility index (Phi) is 3.34. The van der Waals surface area contributed by atoms with Crippen molar-refractivity contribution in [1.29, 1.82) is 0 Å². The van der Waals surface area contributed by atoms with Gasteiger partial charge in [0.05, 0.1) is 6.61 Å². The number of hydrogen-bond donors (Lipinski definition) is 1. The molecule has 1 saturated heterocycles.